The second-order valence-electron chi connectivity index (χ2n) is 20.8. The number of nitrogens with zero attached hydrogens (tertiary/aromatic N) is 3. The number of imidazole rings is 2. The van der Waals surface area contributed by atoms with Crippen LogP contribution >= 0.6 is 0 Å². The zero-order chi connectivity index (χ0) is 58.0. The summed E-state index contributed by atoms with van der Waals surface area (Å²) in [4.78, 5) is 130. The molecule has 8 atom stereocenters. The van der Waals surface area contributed by atoms with E-state index >= 15 is 0 Å². The molecule has 7 rings (SSSR count). The second kappa shape index (κ2) is 28.9. The number of H-pyrrole nitrogens is 3. The van der Waals surface area contributed by atoms with Gasteiger partial charge in [0.05, 0.1) is 25.8 Å². The van der Waals surface area contributed by atoms with E-state index in [0.29, 0.717) is 61.5 Å². The summed E-state index contributed by atoms with van der Waals surface area (Å²) in [5.74, 6) is -4.56. The number of amides is 8. The highest BCUT2D eigenvalue weighted by Gasteiger charge is 2.37. The Morgan fingerprint density at radius 1 is 0.642 bits per heavy atom. The minimum absolute atomic E-state index is 0.00811. The van der Waals surface area contributed by atoms with Gasteiger partial charge in [-0.2, -0.15) is 0 Å². The summed E-state index contributed by atoms with van der Waals surface area (Å²) < 4.78 is 5.24. The fraction of sp³-hybridized carbons (Fsp3) is 0.414. The number of carbonyl (C=O) groups is 8. The van der Waals surface area contributed by atoms with Crippen LogP contribution in [0.15, 0.2) is 110 Å². The molecule has 3 aromatic carbocycles. The van der Waals surface area contributed by atoms with Crippen molar-refractivity contribution in [2.24, 2.45) is 11.7 Å². The van der Waals surface area contributed by atoms with E-state index in [-0.39, 0.29) is 37.6 Å². The number of aryl methyl sites for hydroxylation is 1. The lowest BCUT2D eigenvalue weighted by Crippen LogP contribution is -2.60. The Kier molecular flexibility index (Phi) is 21.3. The highest BCUT2D eigenvalue weighted by molar-refractivity contribution is 5.97. The first-order chi connectivity index (χ1) is 39.0. The molecule has 0 radical (unpaired) electrons. The molecule has 8 amide bonds. The molecular formula is C58H74N14O9. The average molecular weight is 1110 g/mol. The third kappa shape index (κ3) is 17.1. The van der Waals surface area contributed by atoms with Crippen LogP contribution in [0.25, 0.3) is 10.9 Å². The molecule has 1 fully saturated rings. The molecule has 430 valence electrons. The van der Waals surface area contributed by atoms with Gasteiger partial charge in [-0.3, -0.25) is 38.4 Å². The molecule has 0 unspecified atom stereocenters. The minimum Gasteiger partial charge on any atom is -0.497 e. The Morgan fingerprint density at radius 2 is 1.25 bits per heavy atom. The van der Waals surface area contributed by atoms with Crippen LogP contribution in [0.3, 0.4) is 0 Å². The molecule has 0 saturated carbocycles. The van der Waals surface area contributed by atoms with Crippen molar-refractivity contribution in [1.82, 2.24) is 67.0 Å². The number of likely N-dealkylation sites (tertiary alicyclic amines) is 1. The van der Waals surface area contributed by atoms with Gasteiger partial charge in [0.2, 0.25) is 47.3 Å². The number of hydrogen-bond donors (Lipinski definition) is 11. The lowest BCUT2D eigenvalue weighted by Gasteiger charge is -2.31. The normalized spacial score (nSPS) is 15.8. The van der Waals surface area contributed by atoms with Gasteiger partial charge in [-0.1, -0.05) is 74.5 Å². The van der Waals surface area contributed by atoms with E-state index in [0.717, 1.165) is 22.0 Å². The lowest BCUT2D eigenvalue weighted by atomic mass is 10.0. The summed E-state index contributed by atoms with van der Waals surface area (Å²) in [7, 11) is 1.57. The average Bonchev–Trinajstić information content (AvgIpc) is 4.34. The summed E-state index contributed by atoms with van der Waals surface area (Å²) >= 11 is 0. The number of methoxy groups -OCH3 is 1. The quantitative estimate of drug-likeness (QED) is 0.0319. The number of fused-ring (bicyclic) bond motifs is 1. The number of aromatic amines is 3. The number of nitrogens with two attached hydrogens (primary N) is 1. The van der Waals surface area contributed by atoms with E-state index in [4.69, 9.17) is 10.5 Å². The van der Waals surface area contributed by atoms with E-state index < -0.39 is 89.6 Å². The first-order valence-electron chi connectivity index (χ1n) is 27.3. The summed E-state index contributed by atoms with van der Waals surface area (Å²) in [6.45, 7) is 7.01. The molecule has 23 nitrogen and oxygen atoms in total. The van der Waals surface area contributed by atoms with Crippen LogP contribution in [-0.4, -0.2) is 146 Å². The Bertz CT molecular complexity index is 3060. The Balaban J connectivity index is 0.982. The zero-order valence-electron chi connectivity index (χ0n) is 46.3. The van der Waals surface area contributed by atoms with Crippen molar-refractivity contribution in [3.63, 3.8) is 0 Å². The van der Waals surface area contributed by atoms with Crippen molar-refractivity contribution in [2.45, 2.75) is 127 Å². The molecule has 0 spiro atoms. The number of aromatic nitrogens is 5. The number of benzene rings is 3. The Hall–Kier alpha value is -8.86. The van der Waals surface area contributed by atoms with Gasteiger partial charge < -0.3 is 67.5 Å². The van der Waals surface area contributed by atoms with Gasteiger partial charge in [-0.25, -0.2) is 9.97 Å². The molecular weight excluding hydrogens is 1040 g/mol. The van der Waals surface area contributed by atoms with Gasteiger partial charge in [-0.05, 0) is 80.3 Å². The number of ether oxygens (including phenoxy) is 1. The highest BCUT2D eigenvalue weighted by Crippen LogP contribution is 2.22. The molecule has 6 aromatic rings. The maximum atomic E-state index is 14.4. The molecule has 23 heteroatoms. The van der Waals surface area contributed by atoms with Crippen LogP contribution < -0.4 is 47.7 Å². The SMILES string of the molecule is COc1ccc(CCC(=O)N[C@@H](Cc2cnc[nH]2)C(=O)N[C@@H](Cc2c[nH]c3ccccc23)C(=O)N[C@@H](C)C(=O)N[C@H](C(=O)N[C@H](C)C(=O)N[C@@H](Cc2cnc[nH]2)C(=O)N2CCC[C@@H]2CN[C@@H](Cc2ccccc2)C(N)=O)C(C)C)cc1. The molecule has 0 bridgehead atoms. The summed E-state index contributed by atoms with van der Waals surface area (Å²) in [6.07, 6.45) is 10.0. The van der Waals surface area contributed by atoms with Crippen molar-refractivity contribution < 1.29 is 43.1 Å². The van der Waals surface area contributed by atoms with Gasteiger partial charge in [0, 0.05) is 85.7 Å². The van der Waals surface area contributed by atoms with E-state index in [1.54, 1.807) is 50.4 Å². The van der Waals surface area contributed by atoms with Crippen LogP contribution in [-0.2, 0) is 70.5 Å². The summed E-state index contributed by atoms with van der Waals surface area (Å²) in [5.41, 5.74) is 10.2. The van der Waals surface area contributed by atoms with Gasteiger partial charge in [0.1, 0.15) is 42.0 Å². The van der Waals surface area contributed by atoms with E-state index in [1.807, 2.05) is 66.7 Å². The highest BCUT2D eigenvalue weighted by atomic mass is 16.5. The van der Waals surface area contributed by atoms with Crippen LogP contribution in [0.5, 0.6) is 5.75 Å². The predicted molar refractivity (Wildman–Crippen MR) is 302 cm³/mol. The maximum absolute atomic E-state index is 14.4. The van der Waals surface area contributed by atoms with Gasteiger partial charge in [-0.15, -0.1) is 0 Å². The third-order valence-electron chi connectivity index (χ3n) is 14.4. The Labute approximate surface area is 469 Å². The monoisotopic (exact) mass is 1110 g/mol. The minimum atomic E-state index is -1.26. The smallest absolute Gasteiger partial charge is 0.245 e. The van der Waals surface area contributed by atoms with Crippen LogP contribution in [0.1, 0.15) is 75.0 Å². The van der Waals surface area contributed by atoms with Crippen molar-refractivity contribution in [1.29, 1.82) is 0 Å². The largest absolute Gasteiger partial charge is 0.497 e. The molecule has 1 aliphatic heterocycles. The van der Waals surface area contributed by atoms with E-state index in [9.17, 15) is 38.4 Å². The van der Waals surface area contributed by atoms with Crippen LogP contribution in [0.4, 0.5) is 0 Å². The number of hydrogen-bond acceptors (Lipinski definition) is 12. The lowest BCUT2D eigenvalue weighted by molar-refractivity contribution is -0.138. The zero-order valence-corrected chi connectivity index (χ0v) is 46.3. The van der Waals surface area contributed by atoms with Crippen LogP contribution in [0, 0.1) is 5.92 Å². The van der Waals surface area contributed by atoms with Gasteiger partial charge in [0.25, 0.3) is 0 Å². The molecule has 3 aromatic heterocycles. The standard InChI is InChI=1S/C58H74N14O9/c1-34(2)51(57(79)67-35(3)53(75)70-49(27-41-30-61-33-65-41)58(80)72-23-11-14-42(72)31-63-46(52(59)74)24-38-12-7-6-8-13-38)71-54(76)36(4)66-55(77)47(25-39-28-62-45-16-10-9-15-44(39)45)69-56(78)48(26-40-29-60-32-64-40)68-50(73)22-19-37-17-20-43(81-5)21-18-37/h6-10,12-13,15-18,20-21,28-30,32-36,42,46-49,51,62-63H,11,14,19,22-27,31H2,1-5H3,(H2,59,74)(H,60,64)(H,61,65)(H,66,77)(H,67,79)(H,68,73)(H,69,78)(H,70,75)(H,71,76)/t35-,36+,42-,46+,47+,48+,49+,51+/m1/s1. The molecule has 81 heavy (non-hydrogen) atoms. The number of nitrogens with one attached hydrogen (secondary N) is 10. The van der Waals surface area contributed by atoms with E-state index in [1.165, 1.54) is 32.7 Å². The van der Waals surface area contributed by atoms with Crippen molar-refractivity contribution >= 4 is 58.2 Å². The molecule has 0 aliphatic carbocycles. The summed E-state index contributed by atoms with van der Waals surface area (Å²) in [5, 5.41) is 20.7. The fourth-order valence-corrected chi connectivity index (χ4v) is 9.76. The van der Waals surface area contributed by atoms with Crippen molar-refractivity contribution in [3.8, 4) is 5.75 Å². The van der Waals surface area contributed by atoms with Gasteiger partial charge in [0.15, 0.2) is 0 Å². The number of primary amides is 1. The number of rotatable bonds is 29. The number of carbonyl (C=O) groups excluding carboxylic acids is 8. The molecule has 4 heterocycles. The first-order valence-corrected chi connectivity index (χ1v) is 27.3. The number of para-hydroxylation sites is 1. The maximum Gasteiger partial charge on any atom is 0.245 e. The molecule has 1 saturated heterocycles. The topological polar surface area (TPSA) is 332 Å². The molecule has 12 N–H and O–H groups in total. The second-order valence-corrected chi connectivity index (χ2v) is 20.8. The fourth-order valence-electron chi connectivity index (χ4n) is 9.76. The first kappa shape index (κ1) is 59.8. The summed E-state index contributed by atoms with van der Waals surface area (Å²) in [6, 6.07) is 16.2. The predicted octanol–water partition coefficient (Wildman–Crippen LogP) is 1.57. The van der Waals surface area contributed by atoms with Gasteiger partial charge >= 0.3 is 0 Å². The van der Waals surface area contributed by atoms with Crippen molar-refractivity contribution in [3.05, 3.63) is 138 Å². The molecule has 1 aliphatic rings. The Morgan fingerprint density at radius 3 is 1.89 bits per heavy atom. The third-order valence-corrected chi connectivity index (χ3v) is 14.4. The van der Waals surface area contributed by atoms with Crippen molar-refractivity contribution in [2.75, 3.05) is 20.2 Å². The van der Waals surface area contributed by atoms with E-state index in [2.05, 4.69) is 62.1 Å². The van der Waals surface area contributed by atoms with Crippen LogP contribution in [0.2, 0.25) is 0 Å².